The van der Waals surface area contributed by atoms with Gasteiger partial charge < -0.3 is 10.6 Å². The first-order chi connectivity index (χ1) is 11.5. The van der Waals surface area contributed by atoms with E-state index in [1.54, 1.807) is 24.4 Å². The summed E-state index contributed by atoms with van der Waals surface area (Å²) in [5, 5.41) is 22.9. The summed E-state index contributed by atoms with van der Waals surface area (Å²) < 4.78 is 0. The average molecular weight is 325 g/mol. The maximum Gasteiger partial charge on any atom is 0.314 e. The van der Waals surface area contributed by atoms with Gasteiger partial charge in [-0.15, -0.1) is 0 Å². The van der Waals surface area contributed by atoms with Gasteiger partial charge in [0.05, 0.1) is 16.6 Å². The van der Waals surface area contributed by atoms with Crippen LogP contribution < -0.4 is 10.6 Å². The molecule has 0 radical (unpaired) electrons. The fourth-order valence-electron chi connectivity index (χ4n) is 2.06. The minimum absolute atomic E-state index is 0.106. The lowest BCUT2D eigenvalue weighted by Crippen LogP contribution is -2.29. The molecule has 2 aromatic carbocycles. The molecule has 0 fully saturated rings. The Morgan fingerprint density at radius 3 is 2.29 bits per heavy atom. The SMILES string of the molecule is O=C(Nc1ccc([N+](=O)[O-])cc1)C(=O)Nc1ccc2cn[nH]c2c1. The number of carbonyl (C=O) groups excluding carboxylic acids is 2. The summed E-state index contributed by atoms with van der Waals surface area (Å²) >= 11 is 0. The highest BCUT2D eigenvalue weighted by molar-refractivity contribution is 6.43. The highest BCUT2D eigenvalue weighted by Gasteiger charge is 2.15. The number of nitrogens with zero attached hydrogens (tertiary/aromatic N) is 2. The second-order valence-electron chi connectivity index (χ2n) is 4.88. The molecule has 2 amide bonds. The van der Waals surface area contributed by atoms with E-state index in [-0.39, 0.29) is 11.4 Å². The minimum atomic E-state index is -0.881. The van der Waals surface area contributed by atoms with Crippen LogP contribution in [0.3, 0.4) is 0 Å². The minimum Gasteiger partial charge on any atom is -0.318 e. The number of aromatic nitrogens is 2. The smallest absolute Gasteiger partial charge is 0.314 e. The van der Waals surface area contributed by atoms with Crippen LogP contribution >= 0.6 is 0 Å². The fraction of sp³-hybridized carbons (Fsp3) is 0. The van der Waals surface area contributed by atoms with Gasteiger partial charge in [0.2, 0.25) is 0 Å². The lowest BCUT2D eigenvalue weighted by atomic mass is 10.2. The summed E-state index contributed by atoms with van der Waals surface area (Å²) in [6.07, 6.45) is 1.64. The zero-order chi connectivity index (χ0) is 17.1. The van der Waals surface area contributed by atoms with Crippen molar-refractivity contribution < 1.29 is 14.5 Å². The third kappa shape index (κ3) is 3.19. The number of hydrogen-bond donors (Lipinski definition) is 3. The quantitative estimate of drug-likeness (QED) is 0.385. The van der Waals surface area contributed by atoms with E-state index in [4.69, 9.17) is 0 Å². The number of amides is 2. The largest absolute Gasteiger partial charge is 0.318 e. The Morgan fingerprint density at radius 2 is 1.62 bits per heavy atom. The standard InChI is InChI=1S/C15H11N5O4/c21-14(17-10-3-5-12(6-4-10)20(23)24)15(22)18-11-2-1-9-8-16-19-13(9)7-11/h1-8H,(H,16,19)(H,17,21)(H,18,22). The third-order valence-electron chi connectivity index (χ3n) is 3.24. The fourth-order valence-corrected chi connectivity index (χ4v) is 2.06. The van der Waals surface area contributed by atoms with Crippen LogP contribution in [0.5, 0.6) is 0 Å². The maximum atomic E-state index is 11.9. The van der Waals surface area contributed by atoms with Gasteiger partial charge in [0.1, 0.15) is 0 Å². The van der Waals surface area contributed by atoms with Crippen LogP contribution in [-0.2, 0) is 9.59 Å². The molecule has 0 aliphatic rings. The van der Waals surface area contributed by atoms with Crippen molar-refractivity contribution in [1.29, 1.82) is 0 Å². The number of carbonyl (C=O) groups is 2. The van der Waals surface area contributed by atoms with Crippen LogP contribution in [0, 0.1) is 10.1 Å². The summed E-state index contributed by atoms with van der Waals surface area (Å²) in [5.74, 6) is -1.74. The van der Waals surface area contributed by atoms with Crippen LogP contribution in [0.2, 0.25) is 0 Å². The molecule has 3 aromatic rings. The second-order valence-corrected chi connectivity index (χ2v) is 4.88. The molecule has 9 nitrogen and oxygen atoms in total. The number of anilines is 2. The van der Waals surface area contributed by atoms with Gasteiger partial charge in [0.25, 0.3) is 5.69 Å². The first kappa shape index (κ1) is 15.2. The Balaban J connectivity index is 1.65. The van der Waals surface area contributed by atoms with Crippen LogP contribution in [0.25, 0.3) is 10.9 Å². The van der Waals surface area contributed by atoms with Gasteiger partial charge in [-0.3, -0.25) is 24.8 Å². The third-order valence-corrected chi connectivity index (χ3v) is 3.24. The molecule has 1 aromatic heterocycles. The first-order valence-corrected chi connectivity index (χ1v) is 6.83. The molecule has 0 saturated heterocycles. The molecule has 3 rings (SSSR count). The molecular weight excluding hydrogens is 314 g/mol. The average Bonchev–Trinajstić information content (AvgIpc) is 3.03. The van der Waals surface area contributed by atoms with Crippen LogP contribution in [0.1, 0.15) is 0 Å². The molecule has 3 N–H and O–H groups in total. The van der Waals surface area contributed by atoms with Crippen molar-refractivity contribution in [3.8, 4) is 0 Å². The molecule has 24 heavy (non-hydrogen) atoms. The van der Waals surface area contributed by atoms with Gasteiger partial charge in [0.15, 0.2) is 0 Å². The zero-order valence-corrected chi connectivity index (χ0v) is 12.1. The summed E-state index contributed by atoms with van der Waals surface area (Å²) in [7, 11) is 0. The predicted molar refractivity (Wildman–Crippen MR) is 86.4 cm³/mol. The lowest BCUT2D eigenvalue weighted by Gasteiger charge is -2.06. The van der Waals surface area contributed by atoms with Gasteiger partial charge in [-0.25, -0.2) is 0 Å². The van der Waals surface area contributed by atoms with Crippen molar-refractivity contribution in [2.75, 3.05) is 10.6 Å². The molecule has 0 saturated carbocycles. The summed E-state index contributed by atoms with van der Waals surface area (Å²) in [4.78, 5) is 33.8. The Morgan fingerprint density at radius 1 is 1.00 bits per heavy atom. The Hall–Kier alpha value is -3.75. The van der Waals surface area contributed by atoms with E-state index in [1.807, 2.05) is 0 Å². The predicted octanol–water partition coefficient (Wildman–Crippen LogP) is 2.05. The van der Waals surface area contributed by atoms with E-state index in [0.717, 1.165) is 10.9 Å². The number of aromatic amines is 1. The van der Waals surface area contributed by atoms with Gasteiger partial charge in [-0.2, -0.15) is 5.10 Å². The number of nitrogens with one attached hydrogen (secondary N) is 3. The van der Waals surface area contributed by atoms with E-state index >= 15 is 0 Å². The van der Waals surface area contributed by atoms with E-state index in [0.29, 0.717) is 5.69 Å². The Kier molecular flexibility index (Phi) is 3.89. The number of rotatable bonds is 3. The highest BCUT2D eigenvalue weighted by Crippen LogP contribution is 2.17. The number of nitro benzene ring substituents is 1. The first-order valence-electron chi connectivity index (χ1n) is 6.83. The molecule has 1 heterocycles. The molecule has 0 aliphatic carbocycles. The van der Waals surface area contributed by atoms with Crippen molar-refractivity contribution in [2.45, 2.75) is 0 Å². The Bertz CT molecular complexity index is 932. The molecule has 0 spiro atoms. The molecule has 0 bridgehead atoms. The van der Waals surface area contributed by atoms with Crippen molar-refractivity contribution in [3.05, 3.63) is 58.8 Å². The van der Waals surface area contributed by atoms with E-state index < -0.39 is 16.7 Å². The van der Waals surface area contributed by atoms with Crippen LogP contribution in [-0.4, -0.2) is 26.9 Å². The second kappa shape index (κ2) is 6.16. The molecular formula is C15H11N5O4. The molecule has 0 atom stereocenters. The van der Waals surface area contributed by atoms with E-state index in [9.17, 15) is 19.7 Å². The summed E-state index contributed by atoms with van der Waals surface area (Å²) in [6, 6.07) is 10.2. The molecule has 0 aliphatic heterocycles. The highest BCUT2D eigenvalue weighted by atomic mass is 16.6. The lowest BCUT2D eigenvalue weighted by molar-refractivity contribution is -0.384. The number of H-pyrrole nitrogens is 1. The Labute approximate surface area is 134 Å². The molecule has 9 heteroatoms. The summed E-state index contributed by atoms with van der Waals surface area (Å²) in [6.45, 7) is 0. The number of non-ortho nitro benzene ring substituents is 1. The number of nitro groups is 1. The number of hydrogen-bond acceptors (Lipinski definition) is 5. The molecule has 120 valence electrons. The van der Waals surface area contributed by atoms with Crippen LogP contribution in [0.15, 0.2) is 48.7 Å². The van der Waals surface area contributed by atoms with E-state index in [2.05, 4.69) is 20.8 Å². The van der Waals surface area contributed by atoms with Crippen LogP contribution in [0.4, 0.5) is 17.1 Å². The van der Waals surface area contributed by atoms with Crippen molar-refractivity contribution in [3.63, 3.8) is 0 Å². The van der Waals surface area contributed by atoms with Crippen molar-refractivity contribution in [2.24, 2.45) is 0 Å². The van der Waals surface area contributed by atoms with Crippen molar-refractivity contribution >= 4 is 39.8 Å². The summed E-state index contributed by atoms with van der Waals surface area (Å²) in [5.41, 5.74) is 1.34. The van der Waals surface area contributed by atoms with Gasteiger partial charge in [-0.1, -0.05) is 0 Å². The van der Waals surface area contributed by atoms with Gasteiger partial charge >= 0.3 is 11.8 Å². The number of fused-ring (bicyclic) bond motifs is 1. The van der Waals surface area contributed by atoms with E-state index in [1.165, 1.54) is 24.3 Å². The maximum absolute atomic E-state index is 11.9. The normalized spacial score (nSPS) is 10.3. The topological polar surface area (TPSA) is 130 Å². The van der Waals surface area contributed by atoms with Gasteiger partial charge in [-0.05, 0) is 30.3 Å². The number of benzene rings is 2. The zero-order valence-electron chi connectivity index (χ0n) is 12.1. The molecule has 0 unspecified atom stereocenters. The monoisotopic (exact) mass is 325 g/mol. The van der Waals surface area contributed by atoms with Gasteiger partial charge in [0, 0.05) is 28.9 Å². The van der Waals surface area contributed by atoms with Crippen molar-refractivity contribution in [1.82, 2.24) is 10.2 Å².